The van der Waals surface area contributed by atoms with Gasteiger partial charge >= 0.3 is 0 Å². The van der Waals surface area contributed by atoms with Crippen LogP contribution in [0.1, 0.15) is 25.5 Å². The third kappa shape index (κ3) is 1.55. The van der Waals surface area contributed by atoms with Crippen molar-refractivity contribution in [1.82, 2.24) is 19.6 Å². The molecule has 2 aromatic rings. The van der Waals surface area contributed by atoms with Gasteiger partial charge in [-0.15, -0.1) is 0 Å². The molecule has 0 aliphatic heterocycles. The zero-order valence-electron chi connectivity index (χ0n) is 8.68. The lowest BCUT2D eigenvalue weighted by molar-refractivity contribution is 0.758. The molecular formula is C10H14N4. The van der Waals surface area contributed by atoms with Gasteiger partial charge < -0.3 is 0 Å². The van der Waals surface area contributed by atoms with Crippen molar-refractivity contribution in [2.24, 2.45) is 7.05 Å². The first-order chi connectivity index (χ1) is 6.66. The SMILES string of the molecule is CC(C)c1ccn(-c2cnn(C)c2)n1. The Labute approximate surface area is 83.2 Å². The van der Waals surface area contributed by atoms with Gasteiger partial charge in [0.1, 0.15) is 5.69 Å². The van der Waals surface area contributed by atoms with E-state index in [0.717, 1.165) is 11.4 Å². The Bertz CT molecular complexity index is 425. The van der Waals surface area contributed by atoms with Crippen molar-refractivity contribution in [1.29, 1.82) is 0 Å². The van der Waals surface area contributed by atoms with Crippen LogP contribution in [0.5, 0.6) is 0 Å². The maximum absolute atomic E-state index is 4.46. The van der Waals surface area contributed by atoms with E-state index >= 15 is 0 Å². The van der Waals surface area contributed by atoms with Crippen molar-refractivity contribution < 1.29 is 0 Å². The van der Waals surface area contributed by atoms with Crippen molar-refractivity contribution in [2.45, 2.75) is 19.8 Å². The highest BCUT2D eigenvalue weighted by Gasteiger charge is 2.05. The second-order valence-corrected chi connectivity index (χ2v) is 3.71. The van der Waals surface area contributed by atoms with Gasteiger partial charge in [0.05, 0.1) is 18.1 Å². The molecule has 0 saturated heterocycles. The highest BCUT2D eigenvalue weighted by molar-refractivity contribution is 5.24. The summed E-state index contributed by atoms with van der Waals surface area (Å²) in [5.74, 6) is 0.466. The molecule has 0 N–H and O–H groups in total. The molecule has 74 valence electrons. The number of hydrogen-bond acceptors (Lipinski definition) is 2. The van der Waals surface area contributed by atoms with Crippen LogP contribution >= 0.6 is 0 Å². The highest BCUT2D eigenvalue weighted by Crippen LogP contribution is 2.13. The Morgan fingerprint density at radius 1 is 1.36 bits per heavy atom. The minimum atomic E-state index is 0.466. The number of aryl methyl sites for hydroxylation is 1. The fraction of sp³-hybridized carbons (Fsp3) is 0.400. The summed E-state index contributed by atoms with van der Waals surface area (Å²) in [6, 6.07) is 2.04. The van der Waals surface area contributed by atoms with Crippen LogP contribution in [0.15, 0.2) is 24.7 Å². The first kappa shape index (κ1) is 8.99. The molecule has 2 rings (SSSR count). The van der Waals surface area contributed by atoms with Crippen LogP contribution in [-0.4, -0.2) is 19.6 Å². The average Bonchev–Trinajstić information content (AvgIpc) is 2.70. The fourth-order valence-electron chi connectivity index (χ4n) is 1.32. The molecule has 4 nitrogen and oxygen atoms in total. The summed E-state index contributed by atoms with van der Waals surface area (Å²) in [5.41, 5.74) is 2.10. The van der Waals surface area contributed by atoms with E-state index in [1.807, 2.05) is 30.2 Å². The van der Waals surface area contributed by atoms with Crippen molar-refractivity contribution in [2.75, 3.05) is 0 Å². The number of hydrogen-bond donors (Lipinski definition) is 0. The van der Waals surface area contributed by atoms with Gasteiger partial charge in [-0.1, -0.05) is 13.8 Å². The van der Waals surface area contributed by atoms with Crippen molar-refractivity contribution >= 4 is 0 Å². The molecule has 0 bridgehead atoms. The summed E-state index contributed by atoms with van der Waals surface area (Å²) >= 11 is 0. The summed E-state index contributed by atoms with van der Waals surface area (Å²) in [6.07, 6.45) is 5.71. The van der Waals surface area contributed by atoms with Gasteiger partial charge in [0.2, 0.25) is 0 Å². The van der Waals surface area contributed by atoms with E-state index in [9.17, 15) is 0 Å². The molecule has 2 aromatic heterocycles. The van der Waals surface area contributed by atoms with E-state index < -0.39 is 0 Å². The topological polar surface area (TPSA) is 35.6 Å². The molecule has 0 aliphatic rings. The maximum Gasteiger partial charge on any atom is 0.102 e. The minimum Gasteiger partial charge on any atom is -0.274 e. The molecule has 0 aliphatic carbocycles. The Morgan fingerprint density at radius 2 is 2.14 bits per heavy atom. The van der Waals surface area contributed by atoms with E-state index in [1.54, 1.807) is 10.9 Å². The van der Waals surface area contributed by atoms with E-state index in [2.05, 4.69) is 24.0 Å². The summed E-state index contributed by atoms with van der Waals surface area (Å²) in [7, 11) is 1.90. The molecule has 0 unspecified atom stereocenters. The first-order valence-corrected chi connectivity index (χ1v) is 4.71. The Morgan fingerprint density at radius 3 is 2.64 bits per heavy atom. The third-order valence-corrected chi connectivity index (χ3v) is 2.16. The molecule has 14 heavy (non-hydrogen) atoms. The molecule has 0 fully saturated rings. The molecule has 0 atom stereocenters. The molecule has 4 heteroatoms. The Kier molecular flexibility index (Phi) is 2.11. The van der Waals surface area contributed by atoms with Crippen LogP contribution in [-0.2, 0) is 7.05 Å². The second-order valence-electron chi connectivity index (χ2n) is 3.71. The lowest BCUT2D eigenvalue weighted by atomic mass is 10.1. The van der Waals surface area contributed by atoms with E-state index in [0.29, 0.717) is 5.92 Å². The molecule has 0 amide bonds. The molecule has 0 saturated carbocycles. The second kappa shape index (κ2) is 3.29. The number of aromatic nitrogens is 4. The number of nitrogens with zero attached hydrogens (tertiary/aromatic N) is 4. The Hall–Kier alpha value is -1.58. The largest absolute Gasteiger partial charge is 0.274 e. The third-order valence-electron chi connectivity index (χ3n) is 2.16. The summed E-state index contributed by atoms with van der Waals surface area (Å²) in [4.78, 5) is 0. The average molecular weight is 190 g/mol. The Balaban J connectivity index is 2.33. The van der Waals surface area contributed by atoms with Crippen LogP contribution < -0.4 is 0 Å². The van der Waals surface area contributed by atoms with Gasteiger partial charge in [0, 0.05) is 13.2 Å². The van der Waals surface area contributed by atoms with Gasteiger partial charge in [-0.3, -0.25) is 4.68 Å². The molecule has 0 radical (unpaired) electrons. The van der Waals surface area contributed by atoms with Crippen LogP contribution in [0.2, 0.25) is 0 Å². The number of rotatable bonds is 2. The monoisotopic (exact) mass is 190 g/mol. The quantitative estimate of drug-likeness (QED) is 0.723. The standard InChI is InChI=1S/C10H14N4/c1-8(2)10-4-5-14(12-10)9-6-11-13(3)7-9/h4-8H,1-3H3. The van der Waals surface area contributed by atoms with Crippen molar-refractivity contribution in [3.05, 3.63) is 30.4 Å². The summed E-state index contributed by atoms with van der Waals surface area (Å²) in [5, 5.41) is 8.56. The summed E-state index contributed by atoms with van der Waals surface area (Å²) in [6.45, 7) is 4.27. The lowest BCUT2D eigenvalue weighted by Gasteiger charge is -1.98. The molecule has 2 heterocycles. The summed E-state index contributed by atoms with van der Waals surface area (Å²) < 4.78 is 3.62. The van der Waals surface area contributed by atoms with Crippen LogP contribution in [0.25, 0.3) is 5.69 Å². The fourth-order valence-corrected chi connectivity index (χ4v) is 1.32. The predicted octanol–water partition coefficient (Wildman–Crippen LogP) is 1.73. The molecule has 0 spiro atoms. The smallest absolute Gasteiger partial charge is 0.102 e. The lowest BCUT2D eigenvalue weighted by Crippen LogP contribution is -1.95. The van der Waals surface area contributed by atoms with Crippen LogP contribution in [0, 0.1) is 0 Å². The van der Waals surface area contributed by atoms with Gasteiger partial charge in [-0.2, -0.15) is 10.2 Å². The minimum absolute atomic E-state index is 0.466. The molecular weight excluding hydrogens is 176 g/mol. The zero-order valence-corrected chi connectivity index (χ0v) is 8.68. The van der Waals surface area contributed by atoms with Crippen molar-refractivity contribution in [3.8, 4) is 5.69 Å². The van der Waals surface area contributed by atoms with Gasteiger partial charge in [-0.25, -0.2) is 4.68 Å². The van der Waals surface area contributed by atoms with E-state index in [-0.39, 0.29) is 0 Å². The van der Waals surface area contributed by atoms with Crippen LogP contribution in [0.4, 0.5) is 0 Å². The van der Waals surface area contributed by atoms with Gasteiger partial charge in [0.15, 0.2) is 0 Å². The predicted molar refractivity (Wildman–Crippen MR) is 54.4 cm³/mol. The van der Waals surface area contributed by atoms with Crippen molar-refractivity contribution in [3.63, 3.8) is 0 Å². The maximum atomic E-state index is 4.46. The van der Waals surface area contributed by atoms with E-state index in [4.69, 9.17) is 0 Å². The normalized spacial score (nSPS) is 11.1. The zero-order chi connectivity index (χ0) is 10.1. The molecule has 0 aromatic carbocycles. The van der Waals surface area contributed by atoms with Crippen LogP contribution in [0.3, 0.4) is 0 Å². The first-order valence-electron chi connectivity index (χ1n) is 4.71. The van der Waals surface area contributed by atoms with E-state index in [1.165, 1.54) is 0 Å². The highest BCUT2D eigenvalue weighted by atomic mass is 15.3. The van der Waals surface area contributed by atoms with Gasteiger partial charge in [-0.05, 0) is 12.0 Å². The van der Waals surface area contributed by atoms with Gasteiger partial charge in [0.25, 0.3) is 0 Å².